The van der Waals surface area contributed by atoms with Crippen LogP contribution in [0, 0.1) is 22.7 Å². The molecule has 0 radical (unpaired) electrons. The van der Waals surface area contributed by atoms with Gasteiger partial charge in [0.1, 0.15) is 0 Å². The molecule has 3 fully saturated rings. The molecule has 0 saturated heterocycles. The molecular formula is C17H29NO. The van der Waals surface area contributed by atoms with E-state index in [2.05, 4.69) is 26.1 Å². The zero-order valence-corrected chi connectivity index (χ0v) is 12.8. The maximum atomic E-state index is 12.5. The minimum absolute atomic E-state index is 0.289. The van der Waals surface area contributed by atoms with Gasteiger partial charge in [-0.05, 0) is 48.9 Å². The minimum Gasteiger partial charge on any atom is -0.352 e. The van der Waals surface area contributed by atoms with Crippen LogP contribution < -0.4 is 5.32 Å². The molecular weight excluding hydrogens is 234 g/mol. The van der Waals surface area contributed by atoms with E-state index in [0.29, 0.717) is 23.3 Å². The van der Waals surface area contributed by atoms with Gasteiger partial charge in [0.05, 0.1) is 0 Å². The Labute approximate surface area is 117 Å². The van der Waals surface area contributed by atoms with Gasteiger partial charge in [0.2, 0.25) is 5.91 Å². The van der Waals surface area contributed by atoms with Crippen LogP contribution in [0.5, 0.6) is 0 Å². The topological polar surface area (TPSA) is 29.1 Å². The van der Waals surface area contributed by atoms with E-state index in [4.69, 9.17) is 0 Å². The lowest BCUT2D eigenvalue weighted by Crippen LogP contribution is -2.53. The first kappa shape index (κ1) is 13.5. The highest BCUT2D eigenvalue weighted by Crippen LogP contribution is 2.62. The molecule has 0 aliphatic heterocycles. The summed E-state index contributed by atoms with van der Waals surface area (Å²) in [6.07, 6.45) is 10.0. The molecule has 0 aromatic carbocycles. The highest BCUT2D eigenvalue weighted by atomic mass is 16.2. The summed E-state index contributed by atoms with van der Waals surface area (Å²) in [5, 5.41) is 3.47. The second-order valence-corrected chi connectivity index (χ2v) is 8.19. The largest absolute Gasteiger partial charge is 0.352 e. The van der Waals surface area contributed by atoms with E-state index in [1.165, 1.54) is 38.5 Å². The van der Waals surface area contributed by atoms with Gasteiger partial charge in [-0.3, -0.25) is 4.79 Å². The average molecular weight is 263 g/mol. The number of rotatable bonds is 2. The molecule has 2 heteroatoms. The number of nitrogens with one attached hydrogen (secondary N) is 1. The van der Waals surface area contributed by atoms with Crippen molar-refractivity contribution in [1.82, 2.24) is 5.32 Å². The van der Waals surface area contributed by atoms with Crippen LogP contribution in [0.2, 0.25) is 0 Å². The van der Waals surface area contributed by atoms with Crippen molar-refractivity contribution in [3.05, 3.63) is 0 Å². The second-order valence-electron chi connectivity index (χ2n) is 8.19. The molecule has 1 amide bonds. The molecule has 3 saturated carbocycles. The summed E-state index contributed by atoms with van der Waals surface area (Å²) in [6.45, 7) is 7.13. The summed E-state index contributed by atoms with van der Waals surface area (Å²) in [5.41, 5.74) is 0.649. The summed E-state index contributed by atoms with van der Waals surface area (Å²) >= 11 is 0. The maximum absolute atomic E-state index is 12.5. The Hall–Kier alpha value is -0.530. The standard InChI is InChI=1S/C17H29NO/c1-16(2)13-9-10-17(3,11-13)15(16)18-14(19)12-7-5-4-6-8-12/h12-13,15H,4-11H2,1-3H3,(H,18,19)/t13-,15-,17+/m0/s1. The maximum Gasteiger partial charge on any atom is 0.223 e. The fraction of sp³-hybridized carbons (Fsp3) is 0.941. The number of hydrogen-bond donors (Lipinski definition) is 1. The van der Waals surface area contributed by atoms with Crippen molar-refractivity contribution in [2.75, 3.05) is 0 Å². The molecule has 2 bridgehead atoms. The third-order valence-electron chi connectivity index (χ3n) is 6.53. The highest BCUT2D eigenvalue weighted by molar-refractivity contribution is 5.79. The van der Waals surface area contributed by atoms with Crippen LogP contribution in [-0.2, 0) is 4.79 Å². The normalized spacial score (nSPS) is 41.4. The Morgan fingerprint density at radius 2 is 1.74 bits per heavy atom. The SMILES string of the molecule is CC1(C)[C@H]2CC[C@](C)(C2)[C@H]1NC(=O)C1CCCCC1. The lowest BCUT2D eigenvalue weighted by molar-refractivity contribution is -0.128. The van der Waals surface area contributed by atoms with E-state index in [1.54, 1.807) is 0 Å². The van der Waals surface area contributed by atoms with Crippen molar-refractivity contribution >= 4 is 5.91 Å². The molecule has 2 nitrogen and oxygen atoms in total. The summed E-state index contributed by atoms with van der Waals surface area (Å²) in [7, 11) is 0. The fourth-order valence-corrected chi connectivity index (χ4v) is 5.29. The van der Waals surface area contributed by atoms with Crippen LogP contribution >= 0.6 is 0 Å². The molecule has 0 unspecified atom stereocenters. The van der Waals surface area contributed by atoms with Crippen LogP contribution in [0.25, 0.3) is 0 Å². The predicted octanol–water partition coefficient (Wildman–Crippen LogP) is 3.90. The lowest BCUT2D eigenvalue weighted by atomic mass is 9.68. The number of carbonyl (C=O) groups excluding carboxylic acids is 1. The smallest absolute Gasteiger partial charge is 0.223 e. The molecule has 3 atom stereocenters. The van der Waals surface area contributed by atoms with Crippen LogP contribution in [0.4, 0.5) is 0 Å². The van der Waals surface area contributed by atoms with Crippen LogP contribution in [0.1, 0.15) is 72.1 Å². The van der Waals surface area contributed by atoms with Crippen molar-refractivity contribution in [2.45, 2.75) is 78.2 Å². The quantitative estimate of drug-likeness (QED) is 0.804. The Bertz CT molecular complexity index is 365. The highest BCUT2D eigenvalue weighted by Gasteiger charge is 2.59. The van der Waals surface area contributed by atoms with E-state index in [9.17, 15) is 4.79 Å². The Morgan fingerprint density at radius 1 is 1.05 bits per heavy atom. The molecule has 3 aliphatic carbocycles. The summed E-state index contributed by atoms with van der Waals surface area (Å²) in [6, 6.07) is 0.396. The Morgan fingerprint density at radius 3 is 2.32 bits per heavy atom. The molecule has 108 valence electrons. The molecule has 3 aliphatic rings. The molecule has 0 aromatic rings. The number of fused-ring (bicyclic) bond motifs is 2. The third-order valence-corrected chi connectivity index (χ3v) is 6.53. The van der Waals surface area contributed by atoms with Gasteiger partial charge in [0, 0.05) is 12.0 Å². The lowest BCUT2D eigenvalue weighted by Gasteiger charge is -2.43. The zero-order chi connectivity index (χ0) is 13.7. The Balaban J connectivity index is 1.70. The van der Waals surface area contributed by atoms with Crippen LogP contribution in [0.3, 0.4) is 0 Å². The molecule has 0 spiro atoms. The van der Waals surface area contributed by atoms with Gasteiger partial charge in [0.15, 0.2) is 0 Å². The van der Waals surface area contributed by atoms with Gasteiger partial charge in [0.25, 0.3) is 0 Å². The van der Waals surface area contributed by atoms with Crippen molar-refractivity contribution in [3.63, 3.8) is 0 Å². The first-order chi connectivity index (χ1) is 8.93. The first-order valence-electron chi connectivity index (χ1n) is 8.24. The van der Waals surface area contributed by atoms with Gasteiger partial charge in [-0.2, -0.15) is 0 Å². The first-order valence-corrected chi connectivity index (χ1v) is 8.24. The van der Waals surface area contributed by atoms with Crippen molar-refractivity contribution in [1.29, 1.82) is 0 Å². The predicted molar refractivity (Wildman–Crippen MR) is 77.7 cm³/mol. The van der Waals surface area contributed by atoms with Crippen molar-refractivity contribution in [3.8, 4) is 0 Å². The van der Waals surface area contributed by atoms with Gasteiger partial charge in [-0.1, -0.05) is 40.0 Å². The van der Waals surface area contributed by atoms with E-state index >= 15 is 0 Å². The fourth-order valence-electron chi connectivity index (χ4n) is 5.29. The van der Waals surface area contributed by atoms with Crippen LogP contribution in [0.15, 0.2) is 0 Å². The summed E-state index contributed by atoms with van der Waals surface area (Å²) in [4.78, 5) is 12.5. The number of hydrogen-bond acceptors (Lipinski definition) is 1. The van der Waals surface area contributed by atoms with Crippen molar-refractivity contribution in [2.24, 2.45) is 22.7 Å². The van der Waals surface area contributed by atoms with E-state index in [1.807, 2.05) is 0 Å². The minimum atomic E-state index is 0.289. The molecule has 1 N–H and O–H groups in total. The third kappa shape index (κ3) is 2.11. The Kier molecular flexibility index (Phi) is 3.18. The summed E-state index contributed by atoms with van der Waals surface area (Å²) in [5.74, 6) is 1.47. The molecule has 0 aromatic heterocycles. The molecule has 3 rings (SSSR count). The average Bonchev–Trinajstić information content (AvgIpc) is 2.87. The molecule has 0 heterocycles. The zero-order valence-electron chi connectivity index (χ0n) is 12.8. The van der Waals surface area contributed by atoms with E-state index in [0.717, 1.165) is 18.8 Å². The summed E-state index contributed by atoms with van der Waals surface area (Å²) < 4.78 is 0. The van der Waals surface area contributed by atoms with Gasteiger partial charge >= 0.3 is 0 Å². The van der Waals surface area contributed by atoms with Crippen molar-refractivity contribution < 1.29 is 4.79 Å². The van der Waals surface area contributed by atoms with Gasteiger partial charge in [-0.15, -0.1) is 0 Å². The number of carbonyl (C=O) groups is 1. The van der Waals surface area contributed by atoms with E-state index < -0.39 is 0 Å². The van der Waals surface area contributed by atoms with Gasteiger partial charge in [-0.25, -0.2) is 0 Å². The van der Waals surface area contributed by atoms with E-state index in [-0.39, 0.29) is 5.41 Å². The molecule has 19 heavy (non-hydrogen) atoms. The number of amides is 1. The van der Waals surface area contributed by atoms with Gasteiger partial charge < -0.3 is 5.32 Å². The monoisotopic (exact) mass is 263 g/mol. The second kappa shape index (κ2) is 4.49. The van der Waals surface area contributed by atoms with Crippen LogP contribution in [-0.4, -0.2) is 11.9 Å².